The van der Waals surface area contributed by atoms with E-state index in [1.54, 1.807) is 44.2 Å². The van der Waals surface area contributed by atoms with Gasteiger partial charge in [-0.2, -0.15) is 11.8 Å². The number of thiophene rings is 1. The number of carbonyl (C=O) groups excluding carboxylic acids is 1. The Morgan fingerprint density at radius 3 is 2.68 bits per heavy atom. The van der Waals surface area contributed by atoms with Gasteiger partial charge in [-0.1, -0.05) is 18.2 Å². The zero-order valence-corrected chi connectivity index (χ0v) is 21.9. The van der Waals surface area contributed by atoms with Gasteiger partial charge in [-0.05, 0) is 43.7 Å². The van der Waals surface area contributed by atoms with Crippen LogP contribution in [0.4, 0.5) is 15.2 Å². The number of hydrogen-bond donors (Lipinski definition) is 6. The molecule has 0 saturated carbocycles. The molecule has 1 fully saturated rings. The standard InChI is InChI=1S/C25H29FN4O5S2/c1-24(2,33)14-6-7-15(17(26)10-14)20-11-16(22(27)32)23(37-20)29-21-5-3-4-18(28-21)19(12-31)30-8-9-36-13-25(30,34)35/h3-7,10-11,19,31,33-35H,8-9,12-13H2,1-2H3,(H2,27,32)(H,28,29). The number of nitrogens with one attached hydrogen (secondary N) is 1. The van der Waals surface area contributed by atoms with Crippen molar-refractivity contribution in [3.05, 3.63) is 65.1 Å². The van der Waals surface area contributed by atoms with Gasteiger partial charge in [-0.15, -0.1) is 11.3 Å². The maximum Gasteiger partial charge on any atom is 0.251 e. The molecule has 7 N–H and O–H groups in total. The Morgan fingerprint density at radius 2 is 2.05 bits per heavy atom. The molecule has 1 aliphatic rings. The van der Waals surface area contributed by atoms with Crippen molar-refractivity contribution in [2.24, 2.45) is 5.73 Å². The third-order valence-corrected chi connectivity index (χ3v) is 8.22. The number of rotatable bonds is 8. The molecule has 2 aromatic heterocycles. The zero-order valence-electron chi connectivity index (χ0n) is 20.3. The van der Waals surface area contributed by atoms with Crippen LogP contribution in [-0.4, -0.2) is 66.8 Å². The van der Waals surface area contributed by atoms with Crippen LogP contribution in [0, 0.1) is 5.82 Å². The SMILES string of the molecule is CC(C)(O)c1ccc(-c2cc(C(N)=O)c(Nc3cccc(C(CO)N4CCSCC4(O)O)n3)s2)c(F)c1. The molecule has 1 saturated heterocycles. The molecule has 4 rings (SSSR count). The number of nitrogens with zero attached hydrogens (tertiary/aromatic N) is 2. The van der Waals surface area contributed by atoms with E-state index in [9.17, 15) is 29.6 Å². The Balaban J connectivity index is 1.65. The lowest BCUT2D eigenvalue weighted by Crippen LogP contribution is -2.56. The highest BCUT2D eigenvalue weighted by Gasteiger charge is 2.40. The molecule has 1 aliphatic heterocycles. The molecule has 1 amide bonds. The monoisotopic (exact) mass is 548 g/mol. The number of hydrogen-bond acceptors (Lipinski definition) is 10. The van der Waals surface area contributed by atoms with Crippen LogP contribution in [0.3, 0.4) is 0 Å². The summed E-state index contributed by atoms with van der Waals surface area (Å²) in [7, 11) is 0. The second-order valence-corrected chi connectivity index (χ2v) is 11.4. The third kappa shape index (κ3) is 5.96. The van der Waals surface area contributed by atoms with E-state index in [1.165, 1.54) is 28.8 Å². The Bertz CT molecular complexity index is 1290. The van der Waals surface area contributed by atoms with Crippen LogP contribution in [-0.2, 0) is 5.60 Å². The number of nitrogens with two attached hydrogens (primary N) is 1. The molecule has 198 valence electrons. The van der Waals surface area contributed by atoms with E-state index in [0.717, 1.165) is 11.3 Å². The van der Waals surface area contributed by atoms with Crippen LogP contribution in [0.25, 0.3) is 10.4 Å². The number of carbonyl (C=O) groups is 1. The van der Waals surface area contributed by atoms with E-state index in [1.807, 2.05) is 0 Å². The summed E-state index contributed by atoms with van der Waals surface area (Å²) in [5.41, 5.74) is 5.60. The normalized spacial score (nSPS) is 16.9. The van der Waals surface area contributed by atoms with Crippen molar-refractivity contribution < 1.29 is 29.6 Å². The quantitative estimate of drug-likeness (QED) is 0.233. The Hall–Kier alpha value is -2.58. The minimum Gasteiger partial charge on any atom is -0.394 e. The molecule has 9 nitrogen and oxygen atoms in total. The van der Waals surface area contributed by atoms with Crippen molar-refractivity contribution >= 4 is 39.8 Å². The summed E-state index contributed by atoms with van der Waals surface area (Å²) in [5.74, 6) is -2.27. The van der Waals surface area contributed by atoms with Crippen molar-refractivity contribution in [1.29, 1.82) is 0 Å². The first-order valence-electron chi connectivity index (χ1n) is 11.5. The molecule has 3 heterocycles. The number of primary amides is 1. The van der Waals surface area contributed by atoms with Gasteiger partial charge in [0.2, 0.25) is 5.91 Å². The van der Waals surface area contributed by atoms with Gasteiger partial charge in [0.05, 0.1) is 35.3 Å². The fourth-order valence-electron chi connectivity index (χ4n) is 4.11. The van der Waals surface area contributed by atoms with Gasteiger partial charge in [0, 0.05) is 22.7 Å². The average molecular weight is 549 g/mol. The third-order valence-electron chi connectivity index (χ3n) is 6.07. The highest BCUT2D eigenvalue weighted by molar-refractivity contribution is 7.99. The number of aromatic nitrogens is 1. The lowest BCUT2D eigenvalue weighted by molar-refractivity contribution is -0.263. The van der Waals surface area contributed by atoms with Crippen molar-refractivity contribution in [3.8, 4) is 10.4 Å². The van der Waals surface area contributed by atoms with Gasteiger partial charge in [0.1, 0.15) is 16.6 Å². The van der Waals surface area contributed by atoms with Crippen LogP contribution >= 0.6 is 23.1 Å². The fraction of sp³-hybridized carbons (Fsp3) is 0.360. The Kier molecular flexibility index (Phi) is 7.91. The van der Waals surface area contributed by atoms with Crippen molar-refractivity contribution in [3.63, 3.8) is 0 Å². The summed E-state index contributed by atoms with van der Waals surface area (Å²) in [5, 5.41) is 44.4. The molecular formula is C25H29FN4O5S2. The number of halogens is 1. The first kappa shape index (κ1) is 27.5. The van der Waals surface area contributed by atoms with Crippen molar-refractivity contribution in [2.75, 3.05) is 30.0 Å². The van der Waals surface area contributed by atoms with E-state index in [0.29, 0.717) is 39.3 Å². The van der Waals surface area contributed by atoms with Gasteiger partial charge >= 0.3 is 0 Å². The largest absolute Gasteiger partial charge is 0.394 e. The summed E-state index contributed by atoms with van der Waals surface area (Å²) in [6.07, 6.45) is 0. The number of amides is 1. The summed E-state index contributed by atoms with van der Waals surface area (Å²) < 4.78 is 14.9. The van der Waals surface area contributed by atoms with Crippen LogP contribution in [0.5, 0.6) is 0 Å². The molecule has 37 heavy (non-hydrogen) atoms. The van der Waals surface area contributed by atoms with Crippen LogP contribution in [0.1, 0.15) is 41.5 Å². The lowest BCUT2D eigenvalue weighted by atomic mass is 9.96. The molecule has 1 unspecified atom stereocenters. The molecule has 12 heteroatoms. The number of anilines is 2. The molecule has 0 radical (unpaired) electrons. The van der Waals surface area contributed by atoms with E-state index in [2.05, 4.69) is 10.3 Å². The smallest absolute Gasteiger partial charge is 0.251 e. The van der Waals surface area contributed by atoms with E-state index in [-0.39, 0.29) is 23.5 Å². The topological polar surface area (TPSA) is 152 Å². The van der Waals surface area contributed by atoms with E-state index < -0.39 is 29.3 Å². The van der Waals surface area contributed by atoms with Gasteiger partial charge in [0.25, 0.3) is 5.91 Å². The molecule has 0 spiro atoms. The summed E-state index contributed by atoms with van der Waals surface area (Å²) in [6.45, 7) is 3.08. The van der Waals surface area contributed by atoms with Crippen LogP contribution in [0.2, 0.25) is 0 Å². The van der Waals surface area contributed by atoms with Crippen molar-refractivity contribution in [1.82, 2.24) is 9.88 Å². The number of aliphatic hydroxyl groups is 4. The minimum absolute atomic E-state index is 0.0781. The van der Waals surface area contributed by atoms with Crippen LogP contribution < -0.4 is 11.1 Å². The first-order chi connectivity index (χ1) is 17.4. The van der Waals surface area contributed by atoms with Gasteiger partial charge in [-0.25, -0.2) is 14.3 Å². The first-order valence-corrected chi connectivity index (χ1v) is 13.5. The highest BCUT2D eigenvalue weighted by Crippen LogP contribution is 2.39. The second-order valence-electron chi connectivity index (χ2n) is 9.26. The van der Waals surface area contributed by atoms with Gasteiger partial charge in [-0.3, -0.25) is 4.79 Å². The average Bonchev–Trinajstić information content (AvgIpc) is 3.24. The summed E-state index contributed by atoms with van der Waals surface area (Å²) in [6, 6.07) is 10.2. The van der Waals surface area contributed by atoms with Gasteiger partial charge < -0.3 is 31.5 Å². The Labute approximate surface area is 221 Å². The summed E-state index contributed by atoms with van der Waals surface area (Å²) in [4.78, 5) is 18.6. The number of thioether (sulfide) groups is 1. The maximum absolute atomic E-state index is 14.9. The molecule has 1 atom stereocenters. The predicted octanol–water partition coefficient (Wildman–Crippen LogP) is 2.74. The second kappa shape index (κ2) is 10.7. The zero-order chi connectivity index (χ0) is 27.0. The molecule has 0 aliphatic carbocycles. The van der Waals surface area contributed by atoms with Crippen molar-refractivity contribution in [2.45, 2.75) is 31.4 Å². The number of pyridine rings is 1. The van der Waals surface area contributed by atoms with Gasteiger partial charge in [0.15, 0.2) is 0 Å². The van der Waals surface area contributed by atoms with E-state index >= 15 is 0 Å². The number of aliphatic hydroxyl groups excluding tert-OH is 1. The molecule has 3 aromatic rings. The maximum atomic E-state index is 14.9. The Morgan fingerprint density at radius 1 is 1.30 bits per heavy atom. The fourth-order valence-corrected chi connectivity index (χ4v) is 6.12. The number of benzene rings is 1. The lowest BCUT2D eigenvalue weighted by Gasteiger charge is -2.42. The highest BCUT2D eigenvalue weighted by atomic mass is 32.2. The minimum atomic E-state index is -2.09. The van der Waals surface area contributed by atoms with E-state index in [4.69, 9.17) is 5.73 Å². The summed E-state index contributed by atoms with van der Waals surface area (Å²) >= 11 is 2.52. The molecular weight excluding hydrogens is 519 g/mol. The molecule has 1 aromatic carbocycles. The molecule has 0 bridgehead atoms. The predicted molar refractivity (Wildman–Crippen MR) is 142 cm³/mol. The van der Waals surface area contributed by atoms with Crippen LogP contribution in [0.15, 0.2) is 42.5 Å².